The Morgan fingerprint density at radius 3 is 2.26 bits per heavy atom. The van der Waals surface area contributed by atoms with Crippen LogP contribution in [0.15, 0.2) is 121 Å². The van der Waals surface area contributed by atoms with Crippen molar-refractivity contribution in [3.8, 4) is 11.5 Å². The molecule has 2 heterocycles. The molecule has 1 aliphatic heterocycles. The number of carbonyl (C=O) groups is 1. The van der Waals surface area contributed by atoms with Crippen molar-refractivity contribution in [2.24, 2.45) is 13.0 Å². The first kappa shape index (κ1) is 32.3. The zero-order chi connectivity index (χ0) is 32.6. The van der Waals surface area contributed by atoms with Gasteiger partial charge in [0.25, 0.3) is 0 Å². The molecule has 0 aliphatic carbocycles. The van der Waals surface area contributed by atoms with E-state index in [1.807, 2.05) is 109 Å². The molecule has 10 heteroatoms. The van der Waals surface area contributed by atoms with Crippen LogP contribution in [0, 0.1) is 5.92 Å². The molecule has 1 fully saturated rings. The highest BCUT2D eigenvalue weighted by molar-refractivity contribution is 7.99. The summed E-state index contributed by atoms with van der Waals surface area (Å²) in [7, 11) is 1.98. The summed E-state index contributed by atoms with van der Waals surface area (Å²) < 4.78 is 21.0. The number of carbonyl (C=O) groups excluding carboxylic acids is 1. The van der Waals surface area contributed by atoms with Crippen molar-refractivity contribution in [2.75, 3.05) is 11.1 Å². The summed E-state index contributed by atoms with van der Waals surface area (Å²) in [6.07, 6.45) is 2.87. The maximum absolute atomic E-state index is 12.6. The SMILES string of the molecule is C[C@@H]1[C@H](CSc2nccn2C)O[C@H](c2ccc(CNC(=O)Nc3ccc(Oc4ccccc4)cc3)cc2)O[C@@H]1c1ccc(CO)cc1. The number of aliphatic hydroxyl groups excluding tert-OH is 1. The van der Waals surface area contributed by atoms with Gasteiger partial charge in [-0.05, 0) is 53.1 Å². The van der Waals surface area contributed by atoms with E-state index in [0.717, 1.165) is 38.9 Å². The average molecular weight is 651 g/mol. The van der Waals surface area contributed by atoms with E-state index >= 15 is 0 Å². The second-order valence-corrected chi connectivity index (χ2v) is 12.4. The molecule has 242 valence electrons. The lowest BCUT2D eigenvalue weighted by Gasteiger charge is -2.41. The number of hydrogen-bond acceptors (Lipinski definition) is 7. The third-order valence-electron chi connectivity index (χ3n) is 8.07. The highest BCUT2D eigenvalue weighted by atomic mass is 32.2. The van der Waals surface area contributed by atoms with Gasteiger partial charge in [0.15, 0.2) is 11.4 Å². The largest absolute Gasteiger partial charge is 0.457 e. The quantitative estimate of drug-likeness (QED) is 0.126. The van der Waals surface area contributed by atoms with Crippen LogP contribution in [0.2, 0.25) is 0 Å². The summed E-state index contributed by atoms with van der Waals surface area (Å²) in [6, 6.07) is 32.3. The van der Waals surface area contributed by atoms with Crippen LogP contribution in [-0.4, -0.2) is 32.5 Å². The highest BCUT2D eigenvalue weighted by Crippen LogP contribution is 2.43. The number of amides is 2. The van der Waals surface area contributed by atoms with Crippen LogP contribution in [0.3, 0.4) is 0 Å². The van der Waals surface area contributed by atoms with Crippen molar-refractivity contribution in [1.29, 1.82) is 0 Å². The molecule has 1 aliphatic rings. The summed E-state index contributed by atoms with van der Waals surface area (Å²) in [5.74, 6) is 2.23. The number of aromatic nitrogens is 2. The predicted molar refractivity (Wildman–Crippen MR) is 182 cm³/mol. The molecular formula is C37H38N4O5S. The zero-order valence-electron chi connectivity index (χ0n) is 26.3. The lowest BCUT2D eigenvalue weighted by Crippen LogP contribution is -2.38. The van der Waals surface area contributed by atoms with Crippen LogP contribution in [0.5, 0.6) is 11.5 Å². The van der Waals surface area contributed by atoms with Crippen molar-refractivity contribution in [2.45, 2.75) is 43.7 Å². The molecule has 5 aromatic rings. The molecule has 0 spiro atoms. The molecule has 4 atom stereocenters. The van der Waals surface area contributed by atoms with Gasteiger partial charge in [0, 0.05) is 48.9 Å². The number of benzene rings is 4. The van der Waals surface area contributed by atoms with Crippen molar-refractivity contribution in [3.63, 3.8) is 0 Å². The fraction of sp³-hybridized carbons (Fsp3) is 0.243. The second kappa shape index (κ2) is 15.3. The lowest BCUT2D eigenvalue weighted by molar-refractivity contribution is -0.268. The number of para-hydroxylation sites is 1. The minimum atomic E-state index is -0.570. The van der Waals surface area contributed by atoms with Gasteiger partial charge in [-0.15, -0.1) is 0 Å². The lowest BCUT2D eigenvalue weighted by atomic mass is 9.91. The Labute approximate surface area is 278 Å². The summed E-state index contributed by atoms with van der Waals surface area (Å²) in [5.41, 5.74) is 4.40. The Morgan fingerprint density at radius 1 is 0.894 bits per heavy atom. The van der Waals surface area contributed by atoms with Crippen molar-refractivity contribution in [3.05, 3.63) is 138 Å². The van der Waals surface area contributed by atoms with Gasteiger partial charge >= 0.3 is 6.03 Å². The van der Waals surface area contributed by atoms with E-state index in [1.54, 1.807) is 30.1 Å². The number of aryl methyl sites for hydroxylation is 1. The second-order valence-electron chi connectivity index (χ2n) is 11.4. The topological polar surface area (TPSA) is 107 Å². The van der Waals surface area contributed by atoms with E-state index in [9.17, 15) is 9.90 Å². The van der Waals surface area contributed by atoms with Crippen LogP contribution in [0.4, 0.5) is 10.5 Å². The van der Waals surface area contributed by atoms with Crippen LogP contribution in [0.25, 0.3) is 0 Å². The monoisotopic (exact) mass is 650 g/mol. The van der Waals surface area contributed by atoms with Crippen LogP contribution in [-0.2, 0) is 29.7 Å². The van der Waals surface area contributed by atoms with E-state index < -0.39 is 6.29 Å². The maximum atomic E-state index is 12.6. The zero-order valence-corrected chi connectivity index (χ0v) is 27.1. The Hall–Kier alpha value is -4.61. The number of anilines is 1. The molecule has 1 aromatic heterocycles. The van der Waals surface area contributed by atoms with Gasteiger partial charge in [-0.1, -0.05) is 85.4 Å². The number of urea groups is 1. The van der Waals surface area contributed by atoms with Gasteiger partial charge in [0.1, 0.15) is 11.5 Å². The number of nitrogens with zero attached hydrogens (tertiary/aromatic N) is 2. The predicted octanol–water partition coefficient (Wildman–Crippen LogP) is 7.61. The molecule has 9 nitrogen and oxygen atoms in total. The molecule has 6 rings (SSSR count). The van der Waals surface area contributed by atoms with Gasteiger partial charge in [-0.3, -0.25) is 0 Å². The molecule has 4 aromatic carbocycles. The van der Waals surface area contributed by atoms with Gasteiger partial charge in [-0.2, -0.15) is 0 Å². The van der Waals surface area contributed by atoms with Gasteiger partial charge in [0.2, 0.25) is 0 Å². The van der Waals surface area contributed by atoms with Crippen molar-refractivity contribution >= 4 is 23.5 Å². The standard InChI is InChI=1S/C37H38N4O5S/c1-25-33(24-47-37-38-20-21-41(37)2)45-35(46-34(25)28-12-10-27(23-42)11-13-28)29-14-8-26(9-15-29)22-39-36(43)40-30-16-18-32(19-17-30)44-31-6-4-3-5-7-31/h3-21,25,33-35,42H,22-24H2,1-2H3,(H2,39,40,43)/t25-,33+,34+,35+/m1/s1. The highest BCUT2D eigenvalue weighted by Gasteiger charge is 2.38. The summed E-state index contributed by atoms with van der Waals surface area (Å²) in [4.78, 5) is 17.1. The molecule has 0 radical (unpaired) electrons. The first-order valence-corrected chi connectivity index (χ1v) is 16.5. The van der Waals surface area contributed by atoms with E-state index in [-0.39, 0.29) is 30.8 Å². The summed E-state index contributed by atoms with van der Waals surface area (Å²) in [5, 5.41) is 16.2. The summed E-state index contributed by atoms with van der Waals surface area (Å²) in [6.45, 7) is 2.50. The molecule has 3 N–H and O–H groups in total. The number of aliphatic hydroxyl groups is 1. The molecule has 47 heavy (non-hydrogen) atoms. The van der Waals surface area contributed by atoms with Crippen LogP contribution in [0.1, 0.15) is 41.6 Å². The number of ether oxygens (including phenoxy) is 3. The average Bonchev–Trinajstić information content (AvgIpc) is 3.52. The minimum Gasteiger partial charge on any atom is -0.457 e. The molecule has 0 bridgehead atoms. The molecule has 1 saturated heterocycles. The minimum absolute atomic E-state index is 0.00337. The number of imidazole rings is 1. The van der Waals surface area contributed by atoms with Crippen LogP contribution < -0.4 is 15.4 Å². The normalized spacial score (nSPS) is 19.2. The van der Waals surface area contributed by atoms with Crippen LogP contribution >= 0.6 is 11.8 Å². The molecule has 0 unspecified atom stereocenters. The molecule has 0 saturated carbocycles. The van der Waals surface area contributed by atoms with E-state index in [2.05, 4.69) is 22.5 Å². The number of nitrogens with one attached hydrogen (secondary N) is 2. The first-order valence-electron chi connectivity index (χ1n) is 15.5. The fourth-order valence-electron chi connectivity index (χ4n) is 5.34. The smallest absolute Gasteiger partial charge is 0.319 e. The Bertz CT molecular complexity index is 1730. The van der Waals surface area contributed by atoms with E-state index in [0.29, 0.717) is 18.0 Å². The Morgan fingerprint density at radius 2 is 1.57 bits per heavy atom. The van der Waals surface area contributed by atoms with Gasteiger partial charge < -0.3 is 34.5 Å². The molecule has 2 amide bonds. The van der Waals surface area contributed by atoms with Crippen molar-refractivity contribution < 1.29 is 24.1 Å². The number of thioether (sulfide) groups is 1. The Kier molecular flexibility index (Phi) is 10.5. The van der Waals surface area contributed by atoms with Gasteiger partial charge in [0.05, 0.1) is 18.8 Å². The molecular weight excluding hydrogens is 612 g/mol. The fourth-order valence-corrected chi connectivity index (χ4v) is 6.43. The third kappa shape index (κ3) is 8.41. The summed E-state index contributed by atoms with van der Waals surface area (Å²) >= 11 is 1.66. The number of hydrogen-bond donors (Lipinski definition) is 3. The Balaban J connectivity index is 1.07. The first-order chi connectivity index (χ1) is 22.9. The van der Waals surface area contributed by atoms with E-state index in [1.165, 1.54) is 0 Å². The number of rotatable bonds is 11. The third-order valence-corrected chi connectivity index (χ3v) is 9.22. The van der Waals surface area contributed by atoms with Gasteiger partial charge in [-0.25, -0.2) is 9.78 Å². The van der Waals surface area contributed by atoms with Crippen molar-refractivity contribution in [1.82, 2.24) is 14.9 Å². The maximum Gasteiger partial charge on any atom is 0.319 e. The van der Waals surface area contributed by atoms with E-state index in [4.69, 9.17) is 14.2 Å².